The average molecular weight is 373 g/mol. The van der Waals surface area contributed by atoms with Crippen LogP contribution in [0.3, 0.4) is 0 Å². The van der Waals surface area contributed by atoms with Crippen molar-refractivity contribution in [2.45, 2.75) is 37.4 Å². The molecule has 0 aromatic carbocycles. The van der Waals surface area contributed by atoms with Crippen LogP contribution < -0.4 is 22.1 Å². The predicted octanol–water partition coefficient (Wildman–Crippen LogP) is -4.14. The van der Waals surface area contributed by atoms with Crippen LogP contribution in [0.15, 0.2) is 0 Å². The first kappa shape index (κ1) is 21.3. The van der Waals surface area contributed by atoms with Crippen LogP contribution in [0.2, 0.25) is 0 Å². The zero-order valence-electron chi connectivity index (χ0n) is 14.0. The number of primary amides is 1. The van der Waals surface area contributed by atoms with Gasteiger partial charge in [-0.25, -0.2) is 4.79 Å². The molecule has 12 heteroatoms. The molecular weight excluding hydrogens is 350 g/mol. The highest BCUT2D eigenvalue weighted by Gasteiger charge is 2.38. The number of aliphatic hydroxyl groups is 1. The molecule has 1 saturated heterocycles. The number of hydrogen-bond acceptors (Lipinski definition) is 7. The van der Waals surface area contributed by atoms with Crippen LogP contribution in [0.25, 0.3) is 0 Å². The second-order valence-electron chi connectivity index (χ2n) is 5.77. The monoisotopic (exact) mass is 373 g/mol. The summed E-state index contributed by atoms with van der Waals surface area (Å²) in [5.41, 5.74) is 10.2. The highest BCUT2D eigenvalue weighted by molar-refractivity contribution is 5.96. The van der Waals surface area contributed by atoms with Gasteiger partial charge in [0.05, 0.1) is 19.6 Å². The summed E-state index contributed by atoms with van der Waals surface area (Å²) in [6, 6.07) is -3.85. The van der Waals surface area contributed by atoms with Crippen LogP contribution in [0.5, 0.6) is 0 Å². The molecule has 1 fully saturated rings. The number of rotatable bonds is 9. The van der Waals surface area contributed by atoms with E-state index < -0.39 is 67.3 Å². The Morgan fingerprint density at radius 2 is 1.81 bits per heavy atom. The van der Waals surface area contributed by atoms with Crippen molar-refractivity contribution in [3.63, 3.8) is 0 Å². The van der Waals surface area contributed by atoms with Crippen LogP contribution in [-0.4, -0.2) is 82.5 Å². The Morgan fingerprint density at radius 1 is 1.15 bits per heavy atom. The van der Waals surface area contributed by atoms with Crippen LogP contribution >= 0.6 is 0 Å². The Labute approximate surface area is 148 Å². The van der Waals surface area contributed by atoms with E-state index in [2.05, 4.69) is 10.6 Å². The number of carboxylic acid groups (broad SMARTS) is 1. The molecule has 0 aromatic heterocycles. The molecule has 8 N–H and O–H groups in total. The van der Waals surface area contributed by atoms with Gasteiger partial charge in [-0.1, -0.05) is 0 Å². The standard InChI is InChI=1S/C14H23N5O7/c15-5-11(22)17-8(6-20)12(23)18-7(4-10(16)21)13(24)19-3-1-2-9(19)14(25)26/h7-9,20H,1-6,15H2,(H2,16,21)(H,17,22)(H,18,23)(H,25,26). The molecule has 0 saturated carbocycles. The Kier molecular flexibility index (Phi) is 7.93. The summed E-state index contributed by atoms with van der Waals surface area (Å²) < 4.78 is 0. The number of hydrogen-bond donors (Lipinski definition) is 6. The quantitative estimate of drug-likeness (QED) is 0.233. The maximum Gasteiger partial charge on any atom is 0.326 e. The molecule has 12 nitrogen and oxygen atoms in total. The lowest BCUT2D eigenvalue weighted by Crippen LogP contribution is -2.57. The molecule has 0 spiro atoms. The second-order valence-corrected chi connectivity index (χ2v) is 5.77. The van der Waals surface area contributed by atoms with Crippen molar-refractivity contribution in [3.05, 3.63) is 0 Å². The molecule has 3 unspecified atom stereocenters. The fourth-order valence-electron chi connectivity index (χ4n) is 2.61. The maximum atomic E-state index is 12.6. The summed E-state index contributed by atoms with van der Waals surface area (Å²) >= 11 is 0. The van der Waals surface area contributed by atoms with Crippen molar-refractivity contribution in [3.8, 4) is 0 Å². The molecule has 146 valence electrons. The zero-order valence-corrected chi connectivity index (χ0v) is 14.0. The Morgan fingerprint density at radius 3 is 2.31 bits per heavy atom. The number of amides is 4. The minimum Gasteiger partial charge on any atom is -0.480 e. The third-order valence-electron chi connectivity index (χ3n) is 3.86. The first-order valence-corrected chi connectivity index (χ1v) is 7.93. The number of nitrogens with two attached hydrogens (primary N) is 2. The maximum absolute atomic E-state index is 12.6. The molecule has 1 aliphatic rings. The highest BCUT2D eigenvalue weighted by atomic mass is 16.4. The third kappa shape index (κ3) is 5.67. The Bertz CT molecular complexity index is 582. The largest absolute Gasteiger partial charge is 0.480 e. The van der Waals surface area contributed by atoms with Gasteiger partial charge in [0.2, 0.25) is 23.6 Å². The van der Waals surface area contributed by atoms with Crippen molar-refractivity contribution >= 4 is 29.6 Å². The molecule has 1 heterocycles. The summed E-state index contributed by atoms with van der Waals surface area (Å²) in [4.78, 5) is 59.6. The van der Waals surface area contributed by atoms with Crippen LogP contribution in [0, 0.1) is 0 Å². The first-order chi connectivity index (χ1) is 12.2. The van der Waals surface area contributed by atoms with Crippen molar-refractivity contribution < 1.29 is 34.2 Å². The van der Waals surface area contributed by atoms with Gasteiger partial charge in [-0.3, -0.25) is 19.2 Å². The van der Waals surface area contributed by atoms with Gasteiger partial charge in [0.1, 0.15) is 18.1 Å². The molecule has 1 rings (SSSR count). The number of carboxylic acids is 1. The number of carbonyl (C=O) groups is 5. The van der Waals surface area contributed by atoms with E-state index in [0.29, 0.717) is 6.42 Å². The molecule has 1 aliphatic heterocycles. The molecule has 0 aromatic rings. The van der Waals surface area contributed by atoms with E-state index in [9.17, 15) is 29.1 Å². The minimum atomic E-state index is -1.41. The summed E-state index contributed by atoms with van der Waals surface area (Å²) in [6.07, 6.45) is 0.159. The molecule has 4 amide bonds. The average Bonchev–Trinajstić information content (AvgIpc) is 3.07. The summed E-state index contributed by atoms with van der Waals surface area (Å²) in [6.45, 7) is -1.02. The van der Waals surface area contributed by atoms with Gasteiger partial charge in [0, 0.05) is 6.54 Å². The molecule has 0 bridgehead atoms. The fourth-order valence-corrected chi connectivity index (χ4v) is 2.61. The number of nitrogens with zero attached hydrogens (tertiary/aromatic N) is 1. The molecule has 3 atom stereocenters. The normalized spacial score (nSPS) is 18.7. The fraction of sp³-hybridized carbons (Fsp3) is 0.643. The third-order valence-corrected chi connectivity index (χ3v) is 3.86. The van der Waals surface area contributed by atoms with Crippen molar-refractivity contribution in [1.29, 1.82) is 0 Å². The summed E-state index contributed by atoms with van der Waals surface area (Å²) in [5, 5.41) is 22.8. The summed E-state index contributed by atoms with van der Waals surface area (Å²) in [5.74, 6) is -4.49. The molecule has 26 heavy (non-hydrogen) atoms. The number of carbonyl (C=O) groups excluding carboxylic acids is 4. The van der Waals surface area contributed by atoms with E-state index in [0.717, 1.165) is 4.90 Å². The van der Waals surface area contributed by atoms with Gasteiger partial charge in [0.15, 0.2) is 0 Å². The van der Waals surface area contributed by atoms with Crippen molar-refractivity contribution in [2.75, 3.05) is 19.7 Å². The van der Waals surface area contributed by atoms with Gasteiger partial charge < -0.3 is 37.2 Å². The van der Waals surface area contributed by atoms with E-state index in [4.69, 9.17) is 16.6 Å². The molecular formula is C14H23N5O7. The van der Waals surface area contributed by atoms with Crippen molar-refractivity contribution in [1.82, 2.24) is 15.5 Å². The topological polar surface area (TPSA) is 205 Å². The lowest BCUT2D eigenvalue weighted by molar-refractivity contribution is -0.149. The van der Waals surface area contributed by atoms with E-state index in [-0.39, 0.29) is 13.0 Å². The first-order valence-electron chi connectivity index (χ1n) is 7.93. The van der Waals surface area contributed by atoms with Gasteiger partial charge in [-0.05, 0) is 12.8 Å². The Balaban J connectivity index is 2.90. The second kappa shape index (κ2) is 9.68. The SMILES string of the molecule is NCC(=O)NC(CO)C(=O)NC(CC(N)=O)C(=O)N1CCCC1C(=O)O. The number of nitrogens with one attached hydrogen (secondary N) is 2. The summed E-state index contributed by atoms with van der Waals surface area (Å²) in [7, 11) is 0. The molecule has 0 radical (unpaired) electrons. The lowest BCUT2D eigenvalue weighted by Gasteiger charge is -2.27. The molecule has 0 aliphatic carbocycles. The van der Waals surface area contributed by atoms with E-state index in [1.807, 2.05) is 0 Å². The van der Waals surface area contributed by atoms with E-state index in [1.54, 1.807) is 0 Å². The van der Waals surface area contributed by atoms with E-state index in [1.165, 1.54) is 0 Å². The Hall–Kier alpha value is -2.73. The van der Waals surface area contributed by atoms with Crippen LogP contribution in [0.4, 0.5) is 0 Å². The van der Waals surface area contributed by atoms with Gasteiger partial charge in [-0.15, -0.1) is 0 Å². The number of likely N-dealkylation sites (tertiary alicyclic amines) is 1. The smallest absolute Gasteiger partial charge is 0.326 e. The minimum absolute atomic E-state index is 0.161. The lowest BCUT2D eigenvalue weighted by atomic mass is 10.1. The number of aliphatic hydroxyl groups excluding tert-OH is 1. The van der Waals surface area contributed by atoms with Crippen LogP contribution in [-0.2, 0) is 24.0 Å². The van der Waals surface area contributed by atoms with Gasteiger partial charge >= 0.3 is 5.97 Å². The number of aliphatic carboxylic acids is 1. The highest BCUT2D eigenvalue weighted by Crippen LogP contribution is 2.19. The van der Waals surface area contributed by atoms with Crippen LogP contribution in [0.1, 0.15) is 19.3 Å². The van der Waals surface area contributed by atoms with Crippen molar-refractivity contribution in [2.24, 2.45) is 11.5 Å². The zero-order chi connectivity index (χ0) is 19.9. The van der Waals surface area contributed by atoms with Gasteiger partial charge in [0.25, 0.3) is 0 Å². The van der Waals surface area contributed by atoms with E-state index >= 15 is 0 Å². The predicted molar refractivity (Wildman–Crippen MR) is 86.2 cm³/mol. The van der Waals surface area contributed by atoms with Gasteiger partial charge in [-0.2, -0.15) is 0 Å².